The highest BCUT2D eigenvalue weighted by atomic mass is 19.1. The third-order valence-corrected chi connectivity index (χ3v) is 6.62. The van der Waals surface area contributed by atoms with Crippen LogP contribution in [0.3, 0.4) is 0 Å². The average Bonchev–Trinajstić information content (AvgIpc) is 2.71. The van der Waals surface area contributed by atoms with Crippen molar-refractivity contribution < 1.29 is 19.4 Å². The molecule has 0 heterocycles. The van der Waals surface area contributed by atoms with E-state index in [0.717, 1.165) is 54.9 Å². The number of carboxylic acids is 1. The van der Waals surface area contributed by atoms with E-state index in [-0.39, 0.29) is 12.2 Å². The fourth-order valence-corrected chi connectivity index (χ4v) is 4.64. The summed E-state index contributed by atoms with van der Waals surface area (Å²) in [5.41, 5.74) is 2.45. The maximum Gasteiger partial charge on any atom is 0.304 e. The monoisotopic (exact) mass is 442 g/mol. The van der Waals surface area contributed by atoms with Gasteiger partial charge in [0.1, 0.15) is 5.82 Å². The van der Waals surface area contributed by atoms with Gasteiger partial charge in [-0.2, -0.15) is 0 Å². The summed E-state index contributed by atoms with van der Waals surface area (Å²) in [5, 5.41) is 23.2. The third kappa shape index (κ3) is 5.80. The normalized spacial score (nSPS) is 21.2. The Morgan fingerprint density at radius 3 is 2.38 bits per heavy atom. The van der Waals surface area contributed by atoms with Gasteiger partial charge in [-0.15, -0.1) is 0 Å². The fourth-order valence-electron chi connectivity index (χ4n) is 4.64. The van der Waals surface area contributed by atoms with Gasteiger partial charge in [0, 0.05) is 23.7 Å². The van der Waals surface area contributed by atoms with Crippen molar-refractivity contribution in [3.8, 4) is 0 Å². The second-order valence-electron chi connectivity index (χ2n) is 9.83. The molecule has 2 aromatic carbocycles. The molecular formula is C26H35FN2O3. The molecule has 1 fully saturated rings. The molecule has 3 N–H and O–H groups in total. The van der Waals surface area contributed by atoms with Crippen LogP contribution >= 0.6 is 0 Å². The predicted octanol–water partition coefficient (Wildman–Crippen LogP) is 5.84. The number of anilines is 3. The smallest absolute Gasteiger partial charge is 0.304 e. The van der Waals surface area contributed by atoms with E-state index in [1.165, 1.54) is 12.1 Å². The number of nitrogens with zero attached hydrogens (tertiary/aromatic N) is 1. The zero-order valence-corrected chi connectivity index (χ0v) is 19.5. The standard InChI is InChI=1S/C26H35FN2O3/c1-5-29(21-12-14-26(4,32)15-13-21)23-11-6-18(25(2,3)17-24(30)31)16-22(23)28-20-9-7-19(27)8-10-20/h6-11,16,21,28,32H,5,12-15,17H2,1-4H3,(H,30,31). The van der Waals surface area contributed by atoms with Crippen LogP contribution in [0.15, 0.2) is 42.5 Å². The van der Waals surface area contributed by atoms with Crippen molar-refractivity contribution in [2.75, 3.05) is 16.8 Å². The lowest BCUT2D eigenvalue weighted by Gasteiger charge is -2.41. The van der Waals surface area contributed by atoms with Crippen molar-refractivity contribution in [1.29, 1.82) is 0 Å². The van der Waals surface area contributed by atoms with Crippen molar-refractivity contribution in [3.05, 3.63) is 53.8 Å². The summed E-state index contributed by atoms with van der Waals surface area (Å²) in [5.74, 6) is -1.13. The highest BCUT2D eigenvalue weighted by Gasteiger charge is 2.32. The lowest BCUT2D eigenvalue weighted by molar-refractivity contribution is -0.138. The number of rotatable bonds is 8. The van der Waals surface area contributed by atoms with E-state index in [0.29, 0.717) is 6.04 Å². The summed E-state index contributed by atoms with van der Waals surface area (Å²) >= 11 is 0. The summed E-state index contributed by atoms with van der Waals surface area (Å²) in [4.78, 5) is 13.8. The summed E-state index contributed by atoms with van der Waals surface area (Å²) in [7, 11) is 0. The maximum absolute atomic E-state index is 13.4. The van der Waals surface area contributed by atoms with Crippen LogP contribution in [0, 0.1) is 5.82 Å². The molecule has 0 saturated heterocycles. The van der Waals surface area contributed by atoms with Gasteiger partial charge in [-0.05, 0) is 81.5 Å². The van der Waals surface area contributed by atoms with Gasteiger partial charge in [0.2, 0.25) is 0 Å². The van der Waals surface area contributed by atoms with Crippen LogP contribution in [0.2, 0.25) is 0 Å². The largest absolute Gasteiger partial charge is 0.481 e. The Morgan fingerprint density at radius 2 is 1.81 bits per heavy atom. The molecule has 1 aliphatic carbocycles. The van der Waals surface area contributed by atoms with Crippen molar-refractivity contribution >= 4 is 23.0 Å². The van der Waals surface area contributed by atoms with Crippen LogP contribution in [0.25, 0.3) is 0 Å². The van der Waals surface area contributed by atoms with Gasteiger partial charge in [0.05, 0.1) is 23.4 Å². The van der Waals surface area contributed by atoms with Gasteiger partial charge in [-0.1, -0.05) is 19.9 Å². The number of halogens is 1. The lowest BCUT2D eigenvalue weighted by atomic mass is 9.80. The Bertz CT molecular complexity index is 931. The molecule has 3 rings (SSSR count). The van der Waals surface area contributed by atoms with Gasteiger partial charge in [-0.3, -0.25) is 4.79 Å². The second-order valence-corrected chi connectivity index (χ2v) is 9.83. The minimum absolute atomic E-state index is 0.0253. The first-order valence-electron chi connectivity index (χ1n) is 11.4. The molecular weight excluding hydrogens is 407 g/mol. The Morgan fingerprint density at radius 1 is 1.19 bits per heavy atom. The molecule has 1 aliphatic rings. The van der Waals surface area contributed by atoms with Crippen LogP contribution in [0.1, 0.15) is 65.4 Å². The van der Waals surface area contributed by atoms with Crippen molar-refractivity contribution in [3.63, 3.8) is 0 Å². The van der Waals surface area contributed by atoms with E-state index in [2.05, 4.69) is 23.2 Å². The number of hydrogen-bond donors (Lipinski definition) is 3. The molecule has 32 heavy (non-hydrogen) atoms. The van der Waals surface area contributed by atoms with Crippen LogP contribution in [0.4, 0.5) is 21.5 Å². The number of carbonyl (C=O) groups is 1. The minimum Gasteiger partial charge on any atom is -0.481 e. The quantitative estimate of drug-likeness (QED) is 0.479. The van der Waals surface area contributed by atoms with Crippen LogP contribution in [-0.2, 0) is 10.2 Å². The zero-order valence-electron chi connectivity index (χ0n) is 19.5. The molecule has 5 nitrogen and oxygen atoms in total. The van der Waals surface area contributed by atoms with Crippen molar-refractivity contribution in [1.82, 2.24) is 0 Å². The molecule has 0 radical (unpaired) electrons. The number of benzene rings is 2. The molecule has 0 amide bonds. The summed E-state index contributed by atoms with van der Waals surface area (Å²) < 4.78 is 13.4. The van der Waals surface area contributed by atoms with E-state index in [1.54, 1.807) is 12.1 Å². The first kappa shape index (κ1) is 24.1. The molecule has 0 aliphatic heterocycles. The average molecular weight is 443 g/mol. The fraction of sp³-hybridized carbons (Fsp3) is 0.500. The third-order valence-electron chi connectivity index (χ3n) is 6.62. The van der Waals surface area contributed by atoms with E-state index in [4.69, 9.17) is 0 Å². The molecule has 0 spiro atoms. The van der Waals surface area contributed by atoms with Crippen LogP contribution in [0.5, 0.6) is 0 Å². The maximum atomic E-state index is 13.4. The summed E-state index contributed by atoms with van der Waals surface area (Å²) in [6.07, 6.45) is 3.36. The number of carboxylic acid groups (broad SMARTS) is 1. The Kier molecular flexibility index (Phi) is 7.13. The van der Waals surface area contributed by atoms with Gasteiger partial charge < -0.3 is 20.4 Å². The Balaban J connectivity index is 1.99. The molecule has 2 aromatic rings. The van der Waals surface area contributed by atoms with E-state index in [9.17, 15) is 19.4 Å². The summed E-state index contributed by atoms with van der Waals surface area (Å²) in [6.45, 7) is 8.69. The van der Waals surface area contributed by atoms with Crippen molar-refractivity contribution in [2.24, 2.45) is 0 Å². The topological polar surface area (TPSA) is 72.8 Å². The molecule has 0 bridgehead atoms. The van der Waals surface area contributed by atoms with E-state index in [1.807, 2.05) is 32.9 Å². The Labute approximate surface area is 190 Å². The van der Waals surface area contributed by atoms with Gasteiger partial charge in [0.15, 0.2) is 0 Å². The molecule has 174 valence electrons. The lowest BCUT2D eigenvalue weighted by Crippen LogP contribution is -2.42. The molecule has 6 heteroatoms. The highest BCUT2D eigenvalue weighted by Crippen LogP contribution is 2.39. The molecule has 0 atom stereocenters. The minimum atomic E-state index is -0.837. The van der Waals surface area contributed by atoms with Crippen LogP contribution in [-0.4, -0.2) is 34.4 Å². The number of hydrogen-bond acceptors (Lipinski definition) is 4. The molecule has 0 aromatic heterocycles. The van der Waals surface area contributed by atoms with E-state index >= 15 is 0 Å². The summed E-state index contributed by atoms with van der Waals surface area (Å²) in [6, 6.07) is 12.6. The first-order valence-corrected chi connectivity index (χ1v) is 11.4. The van der Waals surface area contributed by atoms with Gasteiger partial charge in [-0.25, -0.2) is 4.39 Å². The number of aliphatic carboxylic acids is 1. The number of nitrogens with one attached hydrogen (secondary N) is 1. The zero-order chi connectivity index (χ0) is 23.5. The molecule has 0 unspecified atom stereocenters. The Hall–Kier alpha value is -2.60. The van der Waals surface area contributed by atoms with Gasteiger partial charge >= 0.3 is 5.97 Å². The first-order chi connectivity index (χ1) is 15.0. The number of aliphatic hydroxyl groups is 1. The molecule has 1 saturated carbocycles. The SMILES string of the molecule is CCN(c1ccc(C(C)(C)CC(=O)O)cc1Nc1ccc(F)cc1)C1CCC(C)(O)CC1. The second kappa shape index (κ2) is 9.49. The predicted molar refractivity (Wildman–Crippen MR) is 127 cm³/mol. The van der Waals surface area contributed by atoms with Gasteiger partial charge in [0.25, 0.3) is 0 Å². The highest BCUT2D eigenvalue weighted by molar-refractivity contribution is 5.77. The van der Waals surface area contributed by atoms with Crippen molar-refractivity contribution in [2.45, 2.75) is 76.9 Å². The van der Waals surface area contributed by atoms with Crippen LogP contribution < -0.4 is 10.2 Å². The van der Waals surface area contributed by atoms with E-state index < -0.39 is 17.0 Å².